The van der Waals surface area contributed by atoms with Crippen LogP contribution in [-0.2, 0) is 9.47 Å². The molecule has 14 nitrogen and oxygen atoms in total. The van der Waals surface area contributed by atoms with Gasteiger partial charge >= 0.3 is 18.7 Å². The Morgan fingerprint density at radius 2 is 1.16 bits per heavy atom. The van der Waals surface area contributed by atoms with Gasteiger partial charge in [0, 0.05) is 26.2 Å². The Balaban J connectivity index is 0.000000215. The molecular weight excluding hydrogens is 773 g/mol. The molecule has 292 valence electrons. The highest BCUT2D eigenvalue weighted by Gasteiger charge is 2.20. The van der Waals surface area contributed by atoms with Crippen LogP contribution in [0.3, 0.4) is 0 Å². The van der Waals surface area contributed by atoms with Gasteiger partial charge in [-0.05, 0) is 71.8 Å². The Bertz CT molecular complexity index is 2100. The number of hydrogen-bond acceptors (Lipinski definition) is 10. The summed E-state index contributed by atoms with van der Waals surface area (Å²) in [6, 6.07) is 21.6. The van der Waals surface area contributed by atoms with Crippen LogP contribution in [0.4, 0.5) is 41.1 Å². The van der Waals surface area contributed by atoms with Gasteiger partial charge in [-0.2, -0.15) is 19.3 Å². The second-order valence-corrected chi connectivity index (χ2v) is 12.8. The number of rotatable bonds is 9. The number of hydrogen-bond donors (Lipinski definition) is 6. The summed E-state index contributed by atoms with van der Waals surface area (Å²) in [4.78, 5) is 24.7. The van der Waals surface area contributed by atoms with Crippen LogP contribution in [0.5, 0.6) is 11.5 Å². The van der Waals surface area contributed by atoms with Gasteiger partial charge in [-0.25, -0.2) is 9.59 Å². The molecule has 2 aliphatic rings. The number of halogens is 4. The Kier molecular flexibility index (Phi) is 15.0. The van der Waals surface area contributed by atoms with Crippen molar-refractivity contribution in [2.45, 2.75) is 18.8 Å². The second kappa shape index (κ2) is 20.3. The van der Waals surface area contributed by atoms with Gasteiger partial charge in [-0.15, -0.1) is 0 Å². The minimum atomic E-state index is -3.08. The summed E-state index contributed by atoms with van der Waals surface area (Å²) in [6.45, 7) is 1.16. The molecule has 6 rings (SSSR count). The number of amides is 4. The van der Waals surface area contributed by atoms with Crippen LogP contribution >= 0.6 is 23.2 Å². The lowest BCUT2D eigenvalue weighted by Gasteiger charge is -2.24. The first kappa shape index (κ1) is 41.4. The van der Waals surface area contributed by atoms with E-state index in [0.29, 0.717) is 58.2 Å². The maximum atomic E-state index is 12.6. The molecule has 0 aromatic heterocycles. The number of nitriles is 2. The number of methoxy groups -OCH3 is 1. The molecule has 56 heavy (non-hydrogen) atoms. The maximum absolute atomic E-state index is 12.6. The third-order valence-corrected chi connectivity index (χ3v) is 8.86. The fourth-order valence-electron chi connectivity index (χ4n) is 5.55. The highest BCUT2D eigenvalue weighted by molar-refractivity contribution is 6.34. The first-order valence-corrected chi connectivity index (χ1v) is 17.8. The van der Waals surface area contributed by atoms with Gasteiger partial charge in [0.05, 0.1) is 88.6 Å². The van der Waals surface area contributed by atoms with Gasteiger partial charge in [0.1, 0.15) is 11.5 Å². The Hall–Kier alpha value is -5.72. The van der Waals surface area contributed by atoms with Crippen molar-refractivity contribution in [2.75, 3.05) is 67.8 Å². The van der Waals surface area contributed by atoms with Gasteiger partial charge in [-0.3, -0.25) is 0 Å². The van der Waals surface area contributed by atoms with E-state index in [2.05, 4.69) is 36.6 Å². The summed E-state index contributed by atoms with van der Waals surface area (Å²) in [6.07, 6.45) is -0.191. The number of morpholine rings is 2. The number of alkyl halides is 2. The number of anilines is 4. The zero-order chi connectivity index (χ0) is 40.0. The third-order valence-electron chi connectivity index (χ3n) is 8.23. The predicted octanol–water partition coefficient (Wildman–Crippen LogP) is 7.64. The topological polar surface area (TPSA) is 191 Å². The lowest BCUT2D eigenvalue weighted by Crippen LogP contribution is -2.33. The lowest BCUT2D eigenvalue weighted by molar-refractivity contribution is -0.0493. The summed E-state index contributed by atoms with van der Waals surface area (Å²) in [5.41, 5.74) is 3.50. The monoisotopic (exact) mass is 808 g/mol. The number of carbonyl (C=O) groups is 2. The molecule has 18 heteroatoms. The van der Waals surface area contributed by atoms with E-state index in [9.17, 15) is 18.4 Å². The molecule has 2 atom stereocenters. The van der Waals surface area contributed by atoms with E-state index >= 15 is 0 Å². The molecule has 0 aliphatic carbocycles. The van der Waals surface area contributed by atoms with E-state index in [4.69, 9.17) is 47.9 Å². The molecule has 0 bridgehead atoms. The number of ether oxygens (including phenoxy) is 4. The predicted molar refractivity (Wildman–Crippen MR) is 207 cm³/mol. The zero-order valence-corrected chi connectivity index (χ0v) is 31.3. The quantitative estimate of drug-likeness (QED) is 0.0980. The van der Waals surface area contributed by atoms with Crippen molar-refractivity contribution in [1.29, 1.82) is 10.5 Å². The molecular formula is C38H36Cl2F2N8O6. The van der Waals surface area contributed by atoms with Crippen molar-refractivity contribution < 1.29 is 37.3 Å². The lowest BCUT2D eigenvalue weighted by atomic mass is 10.1. The van der Waals surface area contributed by atoms with Crippen LogP contribution in [0.25, 0.3) is 0 Å². The van der Waals surface area contributed by atoms with Crippen LogP contribution in [0.2, 0.25) is 10.0 Å². The molecule has 2 fully saturated rings. The Morgan fingerprint density at radius 3 is 1.55 bits per heavy atom. The minimum absolute atomic E-state index is 0.0582. The van der Waals surface area contributed by atoms with Crippen molar-refractivity contribution in [3.63, 3.8) is 0 Å². The van der Waals surface area contributed by atoms with Crippen molar-refractivity contribution in [3.8, 4) is 23.6 Å². The molecule has 6 N–H and O–H groups in total. The fraction of sp³-hybridized carbons (Fsp3) is 0.263. The van der Waals surface area contributed by atoms with Gasteiger partial charge in [0.15, 0.2) is 0 Å². The Morgan fingerprint density at radius 1 is 0.714 bits per heavy atom. The first-order valence-electron chi connectivity index (χ1n) is 17.0. The minimum Gasteiger partial charge on any atom is -0.495 e. The van der Waals surface area contributed by atoms with Crippen molar-refractivity contribution >= 4 is 58.0 Å². The SMILES string of the molecule is COc1ccc(C#N)cc1NC(=O)Nc1ccc([C@H]2CNCCO2)cc1Cl.N#Cc1ccc(OC(F)F)c(NC(=O)Nc2ccc([C@@H]3CNCCO3)cc2Cl)c1. The van der Waals surface area contributed by atoms with E-state index in [1.54, 1.807) is 42.5 Å². The van der Waals surface area contributed by atoms with Gasteiger partial charge in [0.25, 0.3) is 0 Å². The third kappa shape index (κ3) is 11.6. The van der Waals surface area contributed by atoms with Crippen molar-refractivity contribution in [1.82, 2.24) is 10.6 Å². The highest BCUT2D eigenvalue weighted by Crippen LogP contribution is 2.32. The molecule has 2 saturated heterocycles. The summed E-state index contributed by atoms with van der Waals surface area (Å²) in [5, 5.41) is 35.5. The molecule has 4 aromatic rings. The number of urea groups is 2. The van der Waals surface area contributed by atoms with Gasteiger partial charge < -0.3 is 50.8 Å². The van der Waals surface area contributed by atoms with Crippen LogP contribution in [-0.4, -0.2) is 65.2 Å². The zero-order valence-electron chi connectivity index (χ0n) is 29.8. The van der Waals surface area contributed by atoms with Gasteiger partial charge in [-0.1, -0.05) is 35.3 Å². The largest absolute Gasteiger partial charge is 0.495 e. The summed E-state index contributed by atoms with van der Waals surface area (Å²) < 4.78 is 46.1. The van der Waals surface area contributed by atoms with Crippen LogP contribution in [0, 0.1) is 22.7 Å². The smallest absolute Gasteiger partial charge is 0.387 e. The number of nitrogens with zero attached hydrogens (tertiary/aromatic N) is 2. The maximum Gasteiger partial charge on any atom is 0.387 e. The Labute approximate surface area is 331 Å². The van der Waals surface area contributed by atoms with Crippen LogP contribution < -0.4 is 41.4 Å². The molecule has 0 radical (unpaired) electrons. The van der Waals surface area contributed by atoms with E-state index in [1.165, 1.54) is 31.4 Å². The number of carbonyl (C=O) groups excluding carboxylic acids is 2. The number of nitrogens with one attached hydrogen (secondary N) is 6. The first-order chi connectivity index (χ1) is 27.1. The van der Waals surface area contributed by atoms with E-state index in [-0.39, 0.29) is 29.2 Å². The second-order valence-electron chi connectivity index (χ2n) is 12.0. The van der Waals surface area contributed by atoms with E-state index in [0.717, 1.165) is 30.8 Å². The molecule has 2 aliphatic heterocycles. The van der Waals surface area contributed by atoms with Crippen LogP contribution in [0.1, 0.15) is 34.5 Å². The normalized spacial score (nSPS) is 16.2. The highest BCUT2D eigenvalue weighted by atomic mass is 35.5. The fourth-order valence-corrected chi connectivity index (χ4v) is 6.02. The molecule has 4 aromatic carbocycles. The summed E-state index contributed by atoms with van der Waals surface area (Å²) >= 11 is 12.6. The molecule has 2 heterocycles. The molecule has 4 amide bonds. The summed E-state index contributed by atoms with van der Waals surface area (Å²) in [5.74, 6) is 0.185. The van der Waals surface area contributed by atoms with E-state index < -0.39 is 18.7 Å². The standard InChI is InChI=1S/C19H17ClF2N4O3.C19H19ClN4O3/c20-13-8-12(17-10-24-5-6-28-17)2-3-14(13)25-19(27)26-15-7-11(9-23)1-4-16(15)29-18(21)22;1-26-17-5-2-12(10-21)8-16(17)24-19(25)23-15-4-3-13(9-14(15)20)18-11-22-6-7-27-18/h1-4,7-8,17-18,24H,5-6,10H2,(H2,25,26,27);2-5,8-9,18,22H,6-7,11H2,1H3,(H2,23,24,25)/t17-;18-/m01/s1. The van der Waals surface area contributed by atoms with Gasteiger partial charge in [0.2, 0.25) is 0 Å². The van der Waals surface area contributed by atoms with Crippen LogP contribution in [0.15, 0.2) is 72.8 Å². The van der Waals surface area contributed by atoms with Crippen molar-refractivity contribution in [2.24, 2.45) is 0 Å². The average Bonchev–Trinajstić information content (AvgIpc) is 3.20. The number of benzene rings is 4. The van der Waals surface area contributed by atoms with Crippen molar-refractivity contribution in [3.05, 3.63) is 105 Å². The van der Waals surface area contributed by atoms with E-state index in [1.807, 2.05) is 18.2 Å². The molecule has 0 spiro atoms. The average molecular weight is 810 g/mol. The molecule has 0 unspecified atom stereocenters. The molecule has 0 saturated carbocycles. The summed E-state index contributed by atoms with van der Waals surface area (Å²) in [7, 11) is 1.49.